The highest BCUT2D eigenvalue weighted by molar-refractivity contribution is 7.89. The molecule has 0 bridgehead atoms. The number of carbonyl (C=O) groups is 1. The van der Waals surface area contributed by atoms with Crippen molar-refractivity contribution in [1.29, 1.82) is 0 Å². The summed E-state index contributed by atoms with van der Waals surface area (Å²) in [5.41, 5.74) is 0.881. The monoisotopic (exact) mass is 391 g/mol. The van der Waals surface area contributed by atoms with E-state index in [-0.39, 0.29) is 4.90 Å². The highest BCUT2D eigenvalue weighted by Gasteiger charge is 2.26. The minimum Gasteiger partial charge on any atom is -0.495 e. The van der Waals surface area contributed by atoms with E-state index in [2.05, 4.69) is 10.6 Å². The summed E-state index contributed by atoms with van der Waals surface area (Å²) in [7, 11) is -2.12. The van der Waals surface area contributed by atoms with Gasteiger partial charge in [0.2, 0.25) is 10.0 Å². The highest BCUT2D eigenvalue weighted by atomic mass is 32.2. The molecule has 0 radical (unpaired) electrons. The lowest BCUT2D eigenvalue weighted by atomic mass is 10.3. The summed E-state index contributed by atoms with van der Waals surface area (Å²) >= 11 is 0. The zero-order chi connectivity index (χ0) is 19.3. The normalized spacial score (nSPS) is 15.1. The van der Waals surface area contributed by atoms with Crippen LogP contribution in [0.2, 0.25) is 0 Å². The fourth-order valence-corrected chi connectivity index (χ4v) is 4.16. The van der Waals surface area contributed by atoms with E-state index in [1.807, 2.05) is 0 Å². The molecule has 1 saturated heterocycles. The summed E-state index contributed by atoms with van der Waals surface area (Å²) in [6.45, 7) is 1.37. The van der Waals surface area contributed by atoms with Crippen LogP contribution in [0.4, 0.5) is 16.2 Å². The van der Waals surface area contributed by atoms with Gasteiger partial charge in [0, 0.05) is 18.8 Å². The Morgan fingerprint density at radius 3 is 2.56 bits per heavy atom. The maximum atomic E-state index is 12.7. The first kappa shape index (κ1) is 19.2. The number of hydrogen-bond acceptors (Lipinski definition) is 5. The second-order valence-electron chi connectivity index (χ2n) is 5.82. The first-order valence-corrected chi connectivity index (χ1v) is 9.84. The lowest BCUT2D eigenvalue weighted by Gasteiger charge is -2.26. The van der Waals surface area contributed by atoms with Gasteiger partial charge in [0.1, 0.15) is 5.75 Å². The molecule has 2 aromatic carbocycles. The van der Waals surface area contributed by atoms with Gasteiger partial charge in [0.25, 0.3) is 0 Å². The number of para-hydroxylation sites is 2. The van der Waals surface area contributed by atoms with Crippen molar-refractivity contribution in [2.75, 3.05) is 44.0 Å². The number of morpholine rings is 1. The molecule has 27 heavy (non-hydrogen) atoms. The van der Waals surface area contributed by atoms with Crippen molar-refractivity contribution in [2.24, 2.45) is 0 Å². The fourth-order valence-electron chi connectivity index (χ4n) is 2.70. The second-order valence-corrected chi connectivity index (χ2v) is 7.76. The van der Waals surface area contributed by atoms with Crippen molar-refractivity contribution in [3.05, 3.63) is 48.5 Å². The molecule has 3 rings (SSSR count). The summed E-state index contributed by atoms with van der Waals surface area (Å²) in [5.74, 6) is 0.524. The Labute approximate surface area is 158 Å². The summed E-state index contributed by atoms with van der Waals surface area (Å²) in [5, 5.41) is 5.32. The third-order valence-corrected chi connectivity index (χ3v) is 5.95. The van der Waals surface area contributed by atoms with Crippen LogP contribution in [0.1, 0.15) is 0 Å². The Morgan fingerprint density at radius 1 is 1.07 bits per heavy atom. The number of nitrogens with zero attached hydrogens (tertiary/aromatic N) is 1. The van der Waals surface area contributed by atoms with E-state index < -0.39 is 16.1 Å². The van der Waals surface area contributed by atoms with Crippen LogP contribution >= 0.6 is 0 Å². The summed E-state index contributed by atoms with van der Waals surface area (Å²) in [6.07, 6.45) is 0. The zero-order valence-electron chi connectivity index (χ0n) is 14.8. The van der Waals surface area contributed by atoms with Crippen molar-refractivity contribution in [1.82, 2.24) is 4.31 Å². The molecule has 1 aliphatic heterocycles. The average molecular weight is 391 g/mol. The van der Waals surface area contributed by atoms with Gasteiger partial charge in [-0.3, -0.25) is 0 Å². The van der Waals surface area contributed by atoms with E-state index in [0.717, 1.165) is 0 Å². The van der Waals surface area contributed by atoms with Gasteiger partial charge >= 0.3 is 6.03 Å². The third-order valence-electron chi connectivity index (χ3n) is 4.05. The van der Waals surface area contributed by atoms with Gasteiger partial charge in [-0.1, -0.05) is 18.2 Å². The Bertz CT molecular complexity index is 911. The number of sulfonamides is 1. The van der Waals surface area contributed by atoms with Crippen molar-refractivity contribution >= 4 is 27.4 Å². The number of amides is 2. The topological polar surface area (TPSA) is 97.0 Å². The molecule has 1 heterocycles. The first-order valence-electron chi connectivity index (χ1n) is 8.40. The van der Waals surface area contributed by atoms with E-state index in [4.69, 9.17) is 9.47 Å². The van der Waals surface area contributed by atoms with E-state index in [9.17, 15) is 13.2 Å². The van der Waals surface area contributed by atoms with E-state index in [0.29, 0.717) is 43.4 Å². The van der Waals surface area contributed by atoms with Crippen molar-refractivity contribution < 1.29 is 22.7 Å². The van der Waals surface area contributed by atoms with Crippen LogP contribution in [-0.2, 0) is 14.8 Å². The predicted octanol–water partition coefficient (Wildman–Crippen LogP) is 2.36. The lowest BCUT2D eigenvalue weighted by molar-refractivity contribution is 0.0730. The molecule has 0 aromatic heterocycles. The van der Waals surface area contributed by atoms with Gasteiger partial charge < -0.3 is 20.1 Å². The Balaban J connectivity index is 1.73. The molecule has 1 fully saturated rings. The average Bonchev–Trinajstić information content (AvgIpc) is 2.69. The Kier molecular flexibility index (Phi) is 5.94. The molecule has 9 heteroatoms. The van der Waals surface area contributed by atoms with Crippen LogP contribution in [0.5, 0.6) is 5.75 Å². The molecule has 0 unspecified atom stereocenters. The lowest BCUT2D eigenvalue weighted by Crippen LogP contribution is -2.40. The zero-order valence-corrected chi connectivity index (χ0v) is 15.7. The molecule has 0 atom stereocenters. The van der Waals surface area contributed by atoms with Crippen LogP contribution < -0.4 is 15.4 Å². The van der Waals surface area contributed by atoms with E-state index in [1.165, 1.54) is 23.5 Å². The Hall–Kier alpha value is -2.62. The maximum Gasteiger partial charge on any atom is 0.323 e. The first-order chi connectivity index (χ1) is 13.0. The van der Waals surface area contributed by atoms with Gasteiger partial charge in [0.05, 0.1) is 30.9 Å². The summed E-state index contributed by atoms with van der Waals surface area (Å²) in [6, 6.07) is 12.7. The number of hydrogen-bond donors (Lipinski definition) is 2. The summed E-state index contributed by atoms with van der Waals surface area (Å²) in [4.78, 5) is 12.4. The van der Waals surface area contributed by atoms with Gasteiger partial charge in [-0.05, 0) is 30.3 Å². The molecule has 8 nitrogen and oxygen atoms in total. The molecule has 1 aliphatic rings. The predicted molar refractivity (Wildman–Crippen MR) is 102 cm³/mol. The summed E-state index contributed by atoms with van der Waals surface area (Å²) < 4.78 is 37.2. The van der Waals surface area contributed by atoms with Gasteiger partial charge in [-0.2, -0.15) is 4.31 Å². The smallest absolute Gasteiger partial charge is 0.323 e. The molecular weight excluding hydrogens is 370 g/mol. The number of anilines is 2. The molecular formula is C18H21N3O5S. The van der Waals surface area contributed by atoms with Crippen LogP contribution in [0, 0.1) is 0 Å². The van der Waals surface area contributed by atoms with Gasteiger partial charge in [-0.25, -0.2) is 13.2 Å². The molecule has 2 aromatic rings. The number of urea groups is 1. The van der Waals surface area contributed by atoms with Crippen LogP contribution in [0.3, 0.4) is 0 Å². The highest BCUT2D eigenvalue weighted by Crippen LogP contribution is 2.24. The number of ether oxygens (including phenoxy) is 2. The molecule has 0 aliphatic carbocycles. The van der Waals surface area contributed by atoms with E-state index >= 15 is 0 Å². The third kappa shape index (κ3) is 4.57. The minimum atomic E-state index is -3.63. The molecule has 2 amide bonds. The minimum absolute atomic E-state index is 0.125. The van der Waals surface area contributed by atoms with Gasteiger partial charge in [0.15, 0.2) is 0 Å². The standard InChI is InChI=1S/C18H21N3O5S/c1-25-17-8-3-2-7-16(17)20-18(22)19-14-5-4-6-15(13-14)27(23,24)21-9-11-26-12-10-21/h2-8,13H,9-12H2,1H3,(H2,19,20,22). The second kappa shape index (κ2) is 8.38. The molecule has 144 valence electrons. The Morgan fingerprint density at radius 2 is 1.81 bits per heavy atom. The molecule has 0 saturated carbocycles. The van der Waals surface area contributed by atoms with Crippen LogP contribution in [0.25, 0.3) is 0 Å². The quantitative estimate of drug-likeness (QED) is 0.816. The number of rotatable bonds is 5. The largest absolute Gasteiger partial charge is 0.495 e. The maximum absolute atomic E-state index is 12.7. The fraction of sp³-hybridized carbons (Fsp3) is 0.278. The number of nitrogens with one attached hydrogen (secondary N) is 2. The van der Waals surface area contributed by atoms with Gasteiger partial charge in [-0.15, -0.1) is 0 Å². The molecule has 0 spiro atoms. The van der Waals surface area contributed by atoms with Crippen LogP contribution in [-0.4, -0.2) is 52.2 Å². The van der Waals surface area contributed by atoms with E-state index in [1.54, 1.807) is 36.4 Å². The molecule has 2 N–H and O–H groups in total. The van der Waals surface area contributed by atoms with Crippen molar-refractivity contribution in [2.45, 2.75) is 4.90 Å². The number of benzene rings is 2. The van der Waals surface area contributed by atoms with Crippen molar-refractivity contribution in [3.8, 4) is 5.75 Å². The number of carbonyl (C=O) groups excluding carboxylic acids is 1. The number of methoxy groups -OCH3 is 1. The van der Waals surface area contributed by atoms with Crippen LogP contribution in [0.15, 0.2) is 53.4 Å². The SMILES string of the molecule is COc1ccccc1NC(=O)Nc1cccc(S(=O)(=O)N2CCOCC2)c1. The van der Waals surface area contributed by atoms with Crippen molar-refractivity contribution in [3.63, 3.8) is 0 Å².